The zero-order chi connectivity index (χ0) is 21.0. The van der Waals surface area contributed by atoms with Crippen molar-refractivity contribution >= 4 is 17.5 Å². The molecular formula is C22H22N4O3. The summed E-state index contributed by atoms with van der Waals surface area (Å²) in [6, 6.07) is 14.3. The molecule has 7 nitrogen and oxygen atoms in total. The average molecular weight is 390 g/mol. The summed E-state index contributed by atoms with van der Waals surface area (Å²) in [7, 11) is 2.98. The molecule has 0 saturated carbocycles. The maximum Gasteiger partial charge on any atom is 0.254 e. The lowest BCUT2D eigenvalue weighted by Crippen LogP contribution is -2.44. The molecule has 0 radical (unpaired) electrons. The lowest BCUT2D eigenvalue weighted by atomic mass is 9.96. The van der Waals surface area contributed by atoms with E-state index in [0.717, 1.165) is 16.7 Å². The van der Waals surface area contributed by atoms with Gasteiger partial charge in [-0.15, -0.1) is 0 Å². The lowest BCUT2D eigenvalue weighted by molar-refractivity contribution is -0.124. The molecule has 2 amide bonds. The topological polar surface area (TPSA) is 94.8 Å². The van der Waals surface area contributed by atoms with E-state index in [1.165, 1.54) is 12.0 Å². The largest absolute Gasteiger partial charge is 0.399 e. The van der Waals surface area contributed by atoms with E-state index in [1.54, 1.807) is 25.2 Å². The minimum atomic E-state index is -0.615. The molecule has 1 N–H and O–H groups in total. The van der Waals surface area contributed by atoms with Gasteiger partial charge in [0.15, 0.2) is 0 Å². The summed E-state index contributed by atoms with van der Waals surface area (Å²) in [4.78, 5) is 31.6. The molecule has 0 aliphatic carbocycles. The third-order valence-corrected chi connectivity index (χ3v) is 5.09. The Labute approximate surface area is 169 Å². The maximum atomic E-state index is 13.0. The molecule has 1 fully saturated rings. The van der Waals surface area contributed by atoms with Gasteiger partial charge >= 0.3 is 0 Å². The van der Waals surface area contributed by atoms with Crippen molar-refractivity contribution in [1.82, 2.24) is 10.2 Å². The second kappa shape index (κ2) is 8.57. The van der Waals surface area contributed by atoms with Crippen LogP contribution in [0, 0.1) is 18.3 Å². The summed E-state index contributed by atoms with van der Waals surface area (Å²) in [5, 5.41) is 15.7. The minimum Gasteiger partial charge on any atom is -0.399 e. The Morgan fingerprint density at radius 2 is 1.97 bits per heavy atom. The molecule has 0 aromatic heterocycles. The summed E-state index contributed by atoms with van der Waals surface area (Å²) < 4.78 is 0. The van der Waals surface area contributed by atoms with Crippen molar-refractivity contribution in [2.45, 2.75) is 19.4 Å². The average Bonchev–Trinajstić information content (AvgIpc) is 3.17. The van der Waals surface area contributed by atoms with Crippen molar-refractivity contribution in [3.05, 3.63) is 59.2 Å². The Bertz CT molecular complexity index is 1010. The Balaban J connectivity index is 1.88. The van der Waals surface area contributed by atoms with Gasteiger partial charge < -0.3 is 15.1 Å². The molecule has 1 aliphatic rings. The number of carbonyl (C=O) groups is 2. The first-order valence-electron chi connectivity index (χ1n) is 9.21. The van der Waals surface area contributed by atoms with Crippen LogP contribution < -0.4 is 5.32 Å². The number of carbonyl (C=O) groups excluding carboxylic acids is 2. The number of benzene rings is 2. The van der Waals surface area contributed by atoms with E-state index >= 15 is 0 Å². The SMILES string of the molecule is CNC(=O)[C@@H]1C/C(=N\OC)CN1C(=O)c1ccc(-c2cccc(C#N)c2C)cc1. The summed E-state index contributed by atoms with van der Waals surface area (Å²) in [6.45, 7) is 2.15. The molecule has 3 rings (SSSR count). The highest BCUT2D eigenvalue weighted by molar-refractivity contribution is 6.05. The quantitative estimate of drug-likeness (QED) is 0.812. The molecule has 2 aromatic carbocycles. The van der Waals surface area contributed by atoms with Gasteiger partial charge in [-0.05, 0) is 41.8 Å². The zero-order valence-electron chi connectivity index (χ0n) is 16.6. The van der Waals surface area contributed by atoms with Gasteiger partial charge in [0.2, 0.25) is 5.91 Å². The first kappa shape index (κ1) is 20.1. The van der Waals surface area contributed by atoms with E-state index in [4.69, 9.17) is 4.84 Å². The van der Waals surface area contributed by atoms with Crippen LogP contribution in [0.25, 0.3) is 11.1 Å². The first-order chi connectivity index (χ1) is 14.0. The number of nitrogens with zero attached hydrogens (tertiary/aromatic N) is 3. The summed E-state index contributed by atoms with van der Waals surface area (Å²) in [5.41, 5.74) is 4.52. The summed E-state index contributed by atoms with van der Waals surface area (Å²) >= 11 is 0. The van der Waals surface area contributed by atoms with Gasteiger partial charge in [0.1, 0.15) is 13.2 Å². The van der Waals surface area contributed by atoms with Crippen molar-refractivity contribution < 1.29 is 14.4 Å². The van der Waals surface area contributed by atoms with Crippen LogP contribution in [0.4, 0.5) is 0 Å². The molecule has 29 heavy (non-hydrogen) atoms. The molecule has 2 aromatic rings. The van der Waals surface area contributed by atoms with Crippen LogP contribution >= 0.6 is 0 Å². The Morgan fingerprint density at radius 3 is 2.59 bits per heavy atom. The standard InChI is InChI=1S/C22H22N4O3/c1-14-17(12-23)5-4-6-19(14)15-7-9-16(10-8-15)22(28)26-13-18(25-29-3)11-20(26)21(27)24-2/h4-10,20H,11,13H2,1-3H3,(H,24,27)/b25-18+/t20-/m0/s1. The number of amides is 2. The van der Waals surface area contributed by atoms with Crippen LogP contribution in [0.2, 0.25) is 0 Å². The first-order valence-corrected chi connectivity index (χ1v) is 9.21. The maximum absolute atomic E-state index is 13.0. The predicted molar refractivity (Wildman–Crippen MR) is 109 cm³/mol. The molecule has 0 spiro atoms. The highest BCUT2D eigenvalue weighted by Gasteiger charge is 2.38. The minimum absolute atomic E-state index is 0.236. The van der Waals surface area contributed by atoms with Crippen LogP contribution in [0.1, 0.15) is 27.9 Å². The van der Waals surface area contributed by atoms with Crippen LogP contribution in [0.3, 0.4) is 0 Å². The van der Waals surface area contributed by atoms with Gasteiger partial charge in [-0.25, -0.2) is 0 Å². The van der Waals surface area contributed by atoms with Gasteiger partial charge in [0.05, 0.1) is 23.9 Å². The highest BCUT2D eigenvalue weighted by Crippen LogP contribution is 2.27. The fourth-order valence-corrected chi connectivity index (χ4v) is 3.54. The number of rotatable bonds is 4. The predicted octanol–water partition coefficient (Wildman–Crippen LogP) is 2.50. The molecule has 1 heterocycles. The van der Waals surface area contributed by atoms with Crippen molar-refractivity contribution in [2.24, 2.45) is 5.16 Å². The van der Waals surface area contributed by atoms with Gasteiger partial charge in [0, 0.05) is 19.0 Å². The molecule has 1 aliphatic heterocycles. The third-order valence-electron chi connectivity index (χ3n) is 5.09. The number of hydrogen-bond acceptors (Lipinski definition) is 5. The van der Waals surface area contributed by atoms with Crippen molar-refractivity contribution in [2.75, 3.05) is 20.7 Å². The van der Waals surface area contributed by atoms with E-state index in [2.05, 4.69) is 16.5 Å². The Morgan fingerprint density at radius 1 is 1.24 bits per heavy atom. The monoisotopic (exact) mass is 390 g/mol. The molecule has 1 saturated heterocycles. The zero-order valence-corrected chi connectivity index (χ0v) is 16.6. The fourth-order valence-electron chi connectivity index (χ4n) is 3.54. The number of hydrogen-bond donors (Lipinski definition) is 1. The fraction of sp³-hybridized carbons (Fsp3) is 0.273. The normalized spacial score (nSPS) is 17.1. The van der Waals surface area contributed by atoms with E-state index < -0.39 is 6.04 Å². The van der Waals surface area contributed by atoms with Gasteiger partial charge in [-0.1, -0.05) is 29.4 Å². The second-order valence-electron chi connectivity index (χ2n) is 6.77. The van der Waals surface area contributed by atoms with E-state index in [-0.39, 0.29) is 18.4 Å². The molecule has 148 valence electrons. The molecule has 0 unspecified atom stereocenters. The van der Waals surface area contributed by atoms with Crippen LogP contribution in [0.5, 0.6) is 0 Å². The number of nitrogens with one attached hydrogen (secondary N) is 1. The van der Waals surface area contributed by atoms with Crippen LogP contribution in [-0.2, 0) is 9.63 Å². The number of likely N-dealkylation sites (N-methyl/N-ethyl adjacent to an activating group) is 1. The van der Waals surface area contributed by atoms with Crippen molar-refractivity contribution in [1.29, 1.82) is 5.26 Å². The van der Waals surface area contributed by atoms with Gasteiger partial charge in [0.25, 0.3) is 5.91 Å². The van der Waals surface area contributed by atoms with E-state index in [0.29, 0.717) is 23.3 Å². The molecule has 1 atom stereocenters. The van der Waals surface area contributed by atoms with Crippen LogP contribution in [0.15, 0.2) is 47.6 Å². The highest BCUT2D eigenvalue weighted by atomic mass is 16.6. The van der Waals surface area contributed by atoms with E-state index in [9.17, 15) is 14.9 Å². The summed E-state index contributed by atoms with van der Waals surface area (Å²) in [5.74, 6) is -0.478. The number of nitriles is 1. The van der Waals surface area contributed by atoms with Crippen molar-refractivity contribution in [3.8, 4) is 17.2 Å². The Kier molecular flexibility index (Phi) is 5.93. The second-order valence-corrected chi connectivity index (χ2v) is 6.77. The molecular weight excluding hydrogens is 368 g/mol. The summed E-state index contributed by atoms with van der Waals surface area (Å²) in [6.07, 6.45) is 0.345. The molecule has 0 bridgehead atoms. The van der Waals surface area contributed by atoms with Gasteiger partial charge in [-0.3, -0.25) is 9.59 Å². The lowest BCUT2D eigenvalue weighted by Gasteiger charge is -2.22. The molecule has 7 heteroatoms. The number of oxime groups is 1. The Hall–Kier alpha value is -3.66. The van der Waals surface area contributed by atoms with Crippen molar-refractivity contribution in [3.63, 3.8) is 0 Å². The van der Waals surface area contributed by atoms with Crippen LogP contribution in [-0.4, -0.2) is 49.2 Å². The number of likely N-dealkylation sites (tertiary alicyclic amines) is 1. The van der Waals surface area contributed by atoms with E-state index in [1.807, 2.05) is 31.2 Å². The third kappa shape index (κ3) is 3.97. The smallest absolute Gasteiger partial charge is 0.254 e. The van der Waals surface area contributed by atoms with Gasteiger partial charge in [-0.2, -0.15) is 5.26 Å².